The van der Waals surface area contributed by atoms with E-state index < -0.39 is 0 Å². The molecule has 1 fully saturated rings. The van der Waals surface area contributed by atoms with Gasteiger partial charge in [-0.3, -0.25) is 10.00 Å². The van der Waals surface area contributed by atoms with Crippen LogP contribution in [0.3, 0.4) is 0 Å². The van der Waals surface area contributed by atoms with Gasteiger partial charge in [-0.05, 0) is 37.6 Å². The van der Waals surface area contributed by atoms with Crippen molar-refractivity contribution in [1.82, 2.24) is 15.1 Å². The number of nitrogens with one attached hydrogen (secondary N) is 1. The number of piperidine rings is 1. The average Bonchev–Trinajstić information content (AvgIpc) is 3.28. The third-order valence-electron chi connectivity index (χ3n) is 4.85. The summed E-state index contributed by atoms with van der Waals surface area (Å²) in [5, 5.41) is 11.5. The molecule has 0 unspecified atom stereocenters. The van der Waals surface area contributed by atoms with Crippen LogP contribution >= 0.6 is 0 Å². The van der Waals surface area contributed by atoms with Crippen LogP contribution in [-0.2, 0) is 4.84 Å². The van der Waals surface area contributed by atoms with Crippen molar-refractivity contribution >= 4 is 5.71 Å². The number of benzene rings is 1. The molecule has 120 valence electrons. The van der Waals surface area contributed by atoms with Gasteiger partial charge >= 0.3 is 0 Å². The molecule has 23 heavy (non-hydrogen) atoms. The molecule has 0 spiro atoms. The third kappa shape index (κ3) is 3.29. The van der Waals surface area contributed by atoms with Crippen LogP contribution in [0.4, 0.5) is 0 Å². The summed E-state index contributed by atoms with van der Waals surface area (Å²) in [5.74, 6) is 0.620. The minimum atomic E-state index is 0.189. The fourth-order valence-corrected chi connectivity index (χ4v) is 3.54. The molecule has 0 aliphatic carbocycles. The Balaban J connectivity index is 1.27. The van der Waals surface area contributed by atoms with E-state index in [0.717, 1.165) is 31.8 Å². The highest BCUT2D eigenvalue weighted by Crippen LogP contribution is 2.27. The van der Waals surface area contributed by atoms with Crippen molar-refractivity contribution < 1.29 is 4.84 Å². The first-order valence-electron chi connectivity index (χ1n) is 8.38. The van der Waals surface area contributed by atoms with Gasteiger partial charge in [-0.1, -0.05) is 35.5 Å². The lowest BCUT2D eigenvalue weighted by Gasteiger charge is -2.32. The number of hydrogen-bond acceptors (Lipinski definition) is 4. The van der Waals surface area contributed by atoms with Gasteiger partial charge in [-0.25, -0.2) is 0 Å². The predicted molar refractivity (Wildman–Crippen MR) is 89.5 cm³/mol. The molecular formula is C18H22N4O. The summed E-state index contributed by atoms with van der Waals surface area (Å²) < 4.78 is 0. The van der Waals surface area contributed by atoms with Crippen LogP contribution in [0.25, 0.3) is 0 Å². The fraction of sp³-hybridized carbons (Fsp3) is 0.444. The minimum absolute atomic E-state index is 0.189. The van der Waals surface area contributed by atoms with Crippen LogP contribution in [-0.4, -0.2) is 46.5 Å². The fourth-order valence-electron chi connectivity index (χ4n) is 3.54. The Hall–Kier alpha value is -2.14. The van der Waals surface area contributed by atoms with Gasteiger partial charge in [0.25, 0.3) is 0 Å². The minimum Gasteiger partial charge on any atom is -0.390 e. The summed E-state index contributed by atoms with van der Waals surface area (Å²) in [6.07, 6.45) is 5.30. The zero-order chi connectivity index (χ0) is 15.5. The van der Waals surface area contributed by atoms with Gasteiger partial charge in [0.05, 0.1) is 5.71 Å². The Kier molecular flexibility index (Phi) is 4.11. The summed E-state index contributed by atoms with van der Waals surface area (Å²) in [7, 11) is 0. The quantitative estimate of drug-likeness (QED) is 0.945. The highest BCUT2D eigenvalue weighted by atomic mass is 16.6. The Morgan fingerprint density at radius 3 is 2.70 bits per heavy atom. The Morgan fingerprint density at radius 1 is 1.13 bits per heavy atom. The van der Waals surface area contributed by atoms with Gasteiger partial charge in [-0.15, -0.1) is 0 Å². The van der Waals surface area contributed by atoms with Crippen molar-refractivity contribution in [3.63, 3.8) is 0 Å². The predicted octanol–water partition coefficient (Wildman–Crippen LogP) is 2.78. The van der Waals surface area contributed by atoms with Crippen molar-refractivity contribution in [3.8, 4) is 0 Å². The smallest absolute Gasteiger partial charge is 0.145 e. The molecule has 5 nitrogen and oxygen atoms in total. The molecule has 2 aliphatic heterocycles. The number of rotatable bonds is 4. The Bertz CT molecular complexity index is 645. The van der Waals surface area contributed by atoms with Crippen LogP contribution in [0, 0.1) is 0 Å². The van der Waals surface area contributed by atoms with Crippen LogP contribution in [0.5, 0.6) is 0 Å². The van der Waals surface area contributed by atoms with Crippen LogP contribution in [0.2, 0.25) is 0 Å². The first-order valence-corrected chi connectivity index (χ1v) is 8.38. The topological polar surface area (TPSA) is 53.5 Å². The Morgan fingerprint density at radius 2 is 1.96 bits per heavy atom. The molecule has 0 bridgehead atoms. The second-order valence-corrected chi connectivity index (χ2v) is 6.42. The first-order chi connectivity index (χ1) is 11.4. The van der Waals surface area contributed by atoms with E-state index in [-0.39, 0.29) is 6.10 Å². The summed E-state index contributed by atoms with van der Waals surface area (Å²) in [5.41, 5.74) is 3.52. The Labute approximate surface area is 136 Å². The molecule has 1 aromatic carbocycles. The number of aromatic nitrogens is 2. The van der Waals surface area contributed by atoms with Gasteiger partial charge in [0.2, 0.25) is 0 Å². The third-order valence-corrected chi connectivity index (χ3v) is 4.85. The average molecular weight is 310 g/mol. The van der Waals surface area contributed by atoms with Gasteiger partial charge in [-0.2, -0.15) is 5.10 Å². The van der Waals surface area contributed by atoms with Crippen molar-refractivity contribution in [2.45, 2.75) is 31.3 Å². The number of likely N-dealkylation sites (tertiary alicyclic amines) is 1. The van der Waals surface area contributed by atoms with E-state index in [2.05, 4.69) is 38.5 Å². The van der Waals surface area contributed by atoms with Crippen LogP contribution in [0.1, 0.15) is 36.4 Å². The normalized spacial score (nSPS) is 22.8. The monoisotopic (exact) mass is 310 g/mol. The van der Waals surface area contributed by atoms with E-state index >= 15 is 0 Å². The van der Waals surface area contributed by atoms with Crippen molar-refractivity contribution in [2.75, 3.05) is 19.6 Å². The van der Waals surface area contributed by atoms with Gasteiger partial charge in [0, 0.05) is 30.8 Å². The van der Waals surface area contributed by atoms with E-state index in [4.69, 9.17) is 4.84 Å². The van der Waals surface area contributed by atoms with Gasteiger partial charge in [0.15, 0.2) is 0 Å². The maximum Gasteiger partial charge on any atom is 0.145 e. The number of aromatic amines is 1. The largest absolute Gasteiger partial charge is 0.390 e. The molecular weight excluding hydrogens is 288 g/mol. The maximum atomic E-state index is 5.65. The lowest BCUT2D eigenvalue weighted by atomic mass is 9.93. The van der Waals surface area contributed by atoms with E-state index in [1.165, 1.54) is 24.1 Å². The zero-order valence-corrected chi connectivity index (χ0v) is 13.2. The molecule has 0 radical (unpaired) electrons. The molecule has 3 heterocycles. The molecule has 0 saturated carbocycles. The molecule has 1 N–H and O–H groups in total. The van der Waals surface area contributed by atoms with E-state index in [0.29, 0.717) is 5.92 Å². The molecule has 5 heteroatoms. The molecule has 1 atom stereocenters. The zero-order valence-electron chi connectivity index (χ0n) is 13.2. The summed E-state index contributed by atoms with van der Waals surface area (Å²) in [4.78, 5) is 8.15. The molecule has 0 amide bonds. The summed E-state index contributed by atoms with van der Waals surface area (Å²) in [6, 6.07) is 12.4. The van der Waals surface area contributed by atoms with Crippen molar-refractivity contribution in [2.24, 2.45) is 5.16 Å². The summed E-state index contributed by atoms with van der Waals surface area (Å²) >= 11 is 0. The second kappa shape index (κ2) is 6.54. The standard InChI is InChI=1S/C18H22N4O/c1-2-4-14(5-3-1)18-12-16(23-21-18)13-22-10-7-15(8-11-22)17-6-9-19-20-17/h1-6,9,15-16H,7-8,10-13H2,(H,19,20)/t16-/m0/s1. The molecule has 2 aromatic rings. The van der Waals surface area contributed by atoms with Crippen LogP contribution < -0.4 is 0 Å². The number of hydrogen-bond donors (Lipinski definition) is 1. The van der Waals surface area contributed by atoms with E-state index in [9.17, 15) is 0 Å². The lowest BCUT2D eigenvalue weighted by Crippen LogP contribution is -2.38. The SMILES string of the molecule is c1ccc(C2=NO[C@H](CN3CCC(c4ccn[nH]4)CC3)C2)cc1. The second-order valence-electron chi connectivity index (χ2n) is 6.42. The molecule has 1 aromatic heterocycles. The number of nitrogens with zero attached hydrogens (tertiary/aromatic N) is 3. The highest BCUT2D eigenvalue weighted by molar-refractivity contribution is 6.01. The van der Waals surface area contributed by atoms with Crippen molar-refractivity contribution in [1.29, 1.82) is 0 Å². The van der Waals surface area contributed by atoms with Crippen LogP contribution in [0.15, 0.2) is 47.8 Å². The summed E-state index contributed by atoms with van der Waals surface area (Å²) in [6.45, 7) is 3.20. The molecule has 2 aliphatic rings. The van der Waals surface area contributed by atoms with E-state index in [1.54, 1.807) is 0 Å². The maximum absolute atomic E-state index is 5.65. The number of oxime groups is 1. The van der Waals surface area contributed by atoms with Crippen molar-refractivity contribution in [3.05, 3.63) is 53.9 Å². The molecule has 1 saturated heterocycles. The van der Waals surface area contributed by atoms with Gasteiger partial charge < -0.3 is 4.84 Å². The highest BCUT2D eigenvalue weighted by Gasteiger charge is 2.27. The van der Waals surface area contributed by atoms with Gasteiger partial charge in [0.1, 0.15) is 6.10 Å². The lowest BCUT2D eigenvalue weighted by molar-refractivity contribution is 0.0453. The molecule has 4 rings (SSSR count). The van der Waals surface area contributed by atoms with E-state index in [1.807, 2.05) is 24.4 Å². The first kappa shape index (κ1) is 14.5. The number of H-pyrrole nitrogens is 1.